The molecule has 0 N–H and O–H groups in total. The molecular formula is C34H5F3N10. The van der Waals surface area contributed by atoms with Crippen LogP contribution in [0.2, 0.25) is 0 Å². The van der Waals surface area contributed by atoms with Gasteiger partial charge in [0.05, 0.1) is 61.8 Å². The van der Waals surface area contributed by atoms with Crippen molar-refractivity contribution in [1.29, 1.82) is 26.3 Å². The third-order valence-corrected chi connectivity index (χ3v) is 7.25. The first-order valence-electron chi connectivity index (χ1n) is 12.6. The molecule has 2 aliphatic rings. The van der Waals surface area contributed by atoms with Crippen molar-refractivity contribution in [2.45, 2.75) is 0 Å². The summed E-state index contributed by atoms with van der Waals surface area (Å²) in [6.07, 6.45) is 0.695. The topological polar surface area (TPSA) is 149 Å². The van der Waals surface area contributed by atoms with Crippen molar-refractivity contribution in [2.24, 2.45) is 0 Å². The Hall–Kier alpha value is -8.25. The molecule has 0 saturated heterocycles. The van der Waals surface area contributed by atoms with E-state index in [0.29, 0.717) is 18.3 Å². The highest BCUT2D eigenvalue weighted by molar-refractivity contribution is 6.30. The van der Waals surface area contributed by atoms with Gasteiger partial charge in [0.15, 0.2) is 0 Å². The van der Waals surface area contributed by atoms with E-state index in [1.54, 1.807) is 18.2 Å². The maximum Gasteiger partial charge on any atom is 0.270 e. The fourth-order valence-corrected chi connectivity index (χ4v) is 5.48. The van der Waals surface area contributed by atoms with Gasteiger partial charge in [0.25, 0.3) is 11.4 Å². The summed E-state index contributed by atoms with van der Waals surface area (Å²) < 4.78 is 45.7. The van der Waals surface area contributed by atoms with Crippen LogP contribution in [0.25, 0.3) is 52.9 Å². The van der Waals surface area contributed by atoms with Crippen LogP contribution in [0.5, 0.6) is 0 Å². The molecule has 1 aromatic heterocycles. The molecule has 47 heavy (non-hydrogen) atoms. The zero-order valence-electron chi connectivity index (χ0n) is 23.0. The molecule has 0 atom stereocenters. The number of fused-ring (bicyclic) bond motifs is 2. The van der Waals surface area contributed by atoms with Gasteiger partial charge in [-0.1, -0.05) is 0 Å². The van der Waals surface area contributed by atoms with Crippen molar-refractivity contribution < 1.29 is 13.2 Å². The van der Waals surface area contributed by atoms with E-state index in [4.69, 9.17) is 26.3 Å². The largest absolute Gasteiger partial charge is 0.270 e. The first kappa shape index (κ1) is 30.2. The summed E-state index contributed by atoms with van der Waals surface area (Å²) in [6.45, 7) is 30.4. The fraction of sp³-hybridized carbons (Fsp3) is 0. The molecule has 0 fully saturated rings. The molecule has 5 rings (SSSR count). The lowest BCUT2D eigenvalue weighted by atomic mass is 9.87. The second-order valence-corrected chi connectivity index (χ2v) is 9.36. The second kappa shape index (κ2) is 11.4. The Labute approximate surface area is 263 Å². The predicted octanol–water partition coefficient (Wildman–Crippen LogP) is 7.35. The molecule has 0 saturated carbocycles. The molecule has 13 heteroatoms. The van der Waals surface area contributed by atoms with Crippen LogP contribution in [0.15, 0.2) is 41.9 Å². The third-order valence-electron chi connectivity index (χ3n) is 7.25. The molecule has 212 valence electrons. The highest BCUT2D eigenvalue weighted by atomic mass is 19.1. The lowest BCUT2D eigenvalue weighted by Gasteiger charge is -2.14. The molecule has 0 unspecified atom stereocenters. The van der Waals surface area contributed by atoms with E-state index in [-0.39, 0.29) is 50.2 Å². The smallest absolute Gasteiger partial charge is 0.242 e. The summed E-state index contributed by atoms with van der Waals surface area (Å²) in [5, 5.41) is 50.1. The molecule has 1 heterocycles. The van der Waals surface area contributed by atoms with E-state index >= 15 is 8.78 Å². The quantitative estimate of drug-likeness (QED) is 0.219. The molecule has 0 radical (unpaired) electrons. The molecular weight excluding hydrogens is 605 g/mol. The van der Waals surface area contributed by atoms with Gasteiger partial charge in [-0.05, 0) is 46.5 Å². The Balaban J connectivity index is 2.05. The Kier molecular flexibility index (Phi) is 7.36. The van der Waals surface area contributed by atoms with Crippen molar-refractivity contribution in [3.63, 3.8) is 0 Å². The number of nitrogens with zero attached hydrogens (tertiary/aromatic N) is 10. The molecule has 3 aromatic rings. The lowest BCUT2D eigenvalue weighted by Crippen LogP contribution is -2.00. The van der Waals surface area contributed by atoms with Gasteiger partial charge in [0, 0.05) is 33.4 Å². The Morgan fingerprint density at radius 2 is 1.30 bits per heavy atom. The van der Waals surface area contributed by atoms with Crippen LogP contribution in [0, 0.1) is 100 Å². The molecule has 2 aromatic carbocycles. The van der Waals surface area contributed by atoms with Gasteiger partial charge in [-0.2, -0.15) is 15.8 Å². The fourth-order valence-electron chi connectivity index (χ4n) is 5.48. The summed E-state index contributed by atoms with van der Waals surface area (Å²) in [5.41, 5.74) is -7.19. The maximum absolute atomic E-state index is 15.5. The molecule has 0 aliphatic heterocycles. The first-order valence-corrected chi connectivity index (χ1v) is 12.6. The van der Waals surface area contributed by atoms with E-state index < -0.39 is 62.5 Å². The minimum absolute atomic E-state index is 0.167. The summed E-state index contributed by atoms with van der Waals surface area (Å²) >= 11 is 0. The predicted molar refractivity (Wildman–Crippen MR) is 157 cm³/mol. The van der Waals surface area contributed by atoms with Crippen LogP contribution in [0.3, 0.4) is 0 Å². The van der Waals surface area contributed by atoms with Gasteiger partial charge in [-0.15, -0.1) is 0 Å². The average molecular weight is 610 g/mol. The van der Waals surface area contributed by atoms with Crippen LogP contribution in [0.1, 0.15) is 44.6 Å². The van der Waals surface area contributed by atoms with Crippen molar-refractivity contribution in [3.8, 4) is 30.3 Å². The minimum atomic E-state index is -1.19. The van der Waals surface area contributed by atoms with Crippen LogP contribution in [-0.4, -0.2) is 4.98 Å². The second-order valence-electron chi connectivity index (χ2n) is 9.36. The van der Waals surface area contributed by atoms with Crippen LogP contribution < -0.4 is 0 Å². The molecule has 0 bridgehead atoms. The maximum atomic E-state index is 15.5. The first-order chi connectivity index (χ1) is 22.7. The van der Waals surface area contributed by atoms with E-state index in [2.05, 4.69) is 24.4 Å². The minimum Gasteiger partial charge on any atom is -0.242 e. The van der Waals surface area contributed by atoms with Gasteiger partial charge in [-0.25, -0.2) is 48.1 Å². The highest BCUT2D eigenvalue weighted by Gasteiger charge is 2.41. The molecule has 0 amide bonds. The van der Waals surface area contributed by atoms with Gasteiger partial charge >= 0.3 is 0 Å². The van der Waals surface area contributed by atoms with E-state index in [1.165, 1.54) is 6.07 Å². The van der Waals surface area contributed by atoms with Crippen molar-refractivity contribution in [2.75, 3.05) is 0 Å². The molecule has 10 nitrogen and oxygen atoms in total. The number of allylic oxidation sites excluding steroid dienone is 7. The Morgan fingerprint density at radius 1 is 0.638 bits per heavy atom. The zero-order valence-corrected chi connectivity index (χ0v) is 23.0. The Morgan fingerprint density at radius 3 is 1.85 bits per heavy atom. The number of halogens is 3. The van der Waals surface area contributed by atoms with Crippen LogP contribution in [-0.2, 0) is 0 Å². The number of rotatable bonds is 2. The lowest BCUT2D eigenvalue weighted by molar-refractivity contribution is 0.602. The van der Waals surface area contributed by atoms with Gasteiger partial charge in [-0.3, -0.25) is 0 Å². The monoisotopic (exact) mass is 610 g/mol. The van der Waals surface area contributed by atoms with Gasteiger partial charge in [0.2, 0.25) is 11.4 Å². The summed E-state index contributed by atoms with van der Waals surface area (Å²) in [7, 11) is 0. The summed E-state index contributed by atoms with van der Waals surface area (Å²) in [4.78, 5) is 16.4. The average Bonchev–Trinajstić information content (AvgIpc) is 3.58. The number of benzene rings is 2. The zero-order chi connectivity index (χ0) is 34.2. The van der Waals surface area contributed by atoms with E-state index in [9.17, 15) is 30.7 Å². The normalized spacial score (nSPS) is 14.4. The number of aromatic nitrogens is 1. The number of pyridine rings is 1. The highest BCUT2D eigenvalue weighted by Crippen LogP contribution is 2.57. The Bertz CT molecular complexity index is 2560. The van der Waals surface area contributed by atoms with E-state index in [0.717, 1.165) is 6.07 Å². The standard InChI is InChI=1S/C34H5F3N10/c1-43-25-8-22(35)18(7-23(25)36)32-31(26(12-41)44-2)19-6-16-20(10-39)29(17-5-15(9-38)47-14-24(17)37)33(27(13-42)45-3)28(16)21(11-40)30(19)34(32)46-4/h5-8,14H/b31-26-,33-27+. The third kappa shape index (κ3) is 4.23. The van der Waals surface area contributed by atoms with Crippen molar-refractivity contribution in [3.05, 3.63) is 150 Å². The van der Waals surface area contributed by atoms with Crippen LogP contribution in [0.4, 0.5) is 18.9 Å². The van der Waals surface area contributed by atoms with Crippen molar-refractivity contribution in [1.82, 2.24) is 4.98 Å². The van der Waals surface area contributed by atoms with Crippen LogP contribution >= 0.6 is 0 Å². The van der Waals surface area contributed by atoms with Gasteiger partial charge in [0.1, 0.15) is 35.3 Å². The number of hydrogen-bond donors (Lipinski definition) is 0. The molecule has 0 spiro atoms. The van der Waals surface area contributed by atoms with Crippen molar-refractivity contribution >= 4 is 39.2 Å². The SMILES string of the molecule is [C-]#[N+]C1=C(c2cc(F)c([N+]#[C-])cc2F)/C(=C(/C#N)[N+]#[C-])c2cc3c(c(C#N)c21)/C(=C(/C#N)[N+]#[C-])C(c1cc(C#N)ncc1F)=C3C#N. The molecule has 2 aliphatic carbocycles. The summed E-state index contributed by atoms with van der Waals surface area (Å²) in [6, 6.07) is 12.1. The van der Waals surface area contributed by atoms with Gasteiger partial charge < -0.3 is 0 Å². The van der Waals surface area contributed by atoms with E-state index in [1.807, 2.05) is 12.1 Å². The number of nitriles is 5. The number of hydrogen-bond acceptors (Lipinski definition) is 6. The summed E-state index contributed by atoms with van der Waals surface area (Å²) in [5.74, 6) is -3.41.